The van der Waals surface area contributed by atoms with Crippen molar-refractivity contribution in [2.45, 2.75) is 19.3 Å². The third-order valence-electron chi connectivity index (χ3n) is 10.4. The maximum absolute atomic E-state index is 2.54. The van der Waals surface area contributed by atoms with Crippen molar-refractivity contribution in [2.24, 2.45) is 0 Å². The number of fused-ring (bicyclic) bond motifs is 4. The summed E-state index contributed by atoms with van der Waals surface area (Å²) in [7, 11) is 0. The minimum Gasteiger partial charge on any atom is -0.309 e. The van der Waals surface area contributed by atoms with E-state index in [-0.39, 0.29) is 5.41 Å². The molecule has 8 aromatic rings. The maximum Gasteiger partial charge on any atom is 0.0587 e. The van der Waals surface area contributed by atoms with Gasteiger partial charge in [0.2, 0.25) is 0 Å². The average molecular weight is 640 g/mol. The Balaban J connectivity index is 1.36. The molecule has 0 fully saturated rings. The summed E-state index contributed by atoms with van der Waals surface area (Å²) in [6.07, 6.45) is 0. The summed E-state index contributed by atoms with van der Waals surface area (Å²) in [4.78, 5) is 2.54. The Hall–Kier alpha value is -6.18. The fourth-order valence-electron chi connectivity index (χ4n) is 8.11. The Labute approximate surface area is 294 Å². The van der Waals surface area contributed by atoms with Gasteiger partial charge in [0.15, 0.2) is 0 Å². The average Bonchev–Trinajstić information content (AvgIpc) is 3.41. The highest BCUT2D eigenvalue weighted by Crippen LogP contribution is 2.57. The van der Waals surface area contributed by atoms with E-state index < -0.39 is 0 Å². The van der Waals surface area contributed by atoms with Gasteiger partial charge in [-0.1, -0.05) is 178 Å². The largest absolute Gasteiger partial charge is 0.309 e. The van der Waals surface area contributed by atoms with Gasteiger partial charge in [0, 0.05) is 22.1 Å². The zero-order valence-corrected chi connectivity index (χ0v) is 28.3. The van der Waals surface area contributed by atoms with Crippen LogP contribution in [0.15, 0.2) is 188 Å². The third kappa shape index (κ3) is 4.85. The predicted molar refractivity (Wildman–Crippen MR) is 213 cm³/mol. The number of rotatable bonds is 6. The fraction of sp³-hybridized carbons (Fsp3) is 0.0612. The molecule has 238 valence electrons. The molecule has 0 bridgehead atoms. The van der Waals surface area contributed by atoms with Gasteiger partial charge < -0.3 is 4.90 Å². The van der Waals surface area contributed by atoms with Crippen molar-refractivity contribution >= 4 is 27.8 Å². The van der Waals surface area contributed by atoms with Crippen molar-refractivity contribution in [3.8, 4) is 44.5 Å². The van der Waals surface area contributed by atoms with Crippen molar-refractivity contribution in [1.82, 2.24) is 0 Å². The van der Waals surface area contributed by atoms with E-state index in [0.717, 1.165) is 11.4 Å². The summed E-state index contributed by atoms with van der Waals surface area (Å²) in [5, 5.41) is 2.48. The molecule has 1 aliphatic carbocycles. The van der Waals surface area contributed by atoms with Crippen LogP contribution in [0.3, 0.4) is 0 Å². The SMILES string of the molecule is CC1(C)c2ccccc2-c2cc3ccccc3c(N(c3ccc(-c4ccccc4)cc3)c3ccccc3-c3ccccc3-c3ccccc3)c21. The summed E-state index contributed by atoms with van der Waals surface area (Å²) in [5.41, 5.74) is 15.9. The lowest BCUT2D eigenvalue weighted by Gasteiger charge is -2.34. The minimum atomic E-state index is -0.218. The van der Waals surface area contributed by atoms with Crippen LogP contribution in [0.1, 0.15) is 25.0 Å². The molecule has 0 amide bonds. The lowest BCUT2D eigenvalue weighted by atomic mass is 9.80. The molecule has 0 aliphatic heterocycles. The van der Waals surface area contributed by atoms with E-state index in [9.17, 15) is 0 Å². The molecule has 0 saturated heterocycles. The van der Waals surface area contributed by atoms with E-state index in [0.29, 0.717) is 0 Å². The van der Waals surface area contributed by atoms with Crippen molar-refractivity contribution in [2.75, 3.05) is 4.90 Å². The molecule has 1 heteroatoms. The Morgan fingerprint density at radius 1 is 0.400 bits per heavy atom. The Bertz CT molecular complexity index is 2490. The molecule has 0 N–H and O–H groups in total. The van der Waals surface area contributed by atoms with E-state index >= 15 is 0 Å². The molecule has 8 aromatic carbocycles. The van der Waals surface area contributed by atoms with Crippen LogP contribution in [-0.4, -0.2) is 0 Å². The quantitative estimate of drug-likeness (QED) is 0.175. The number of hydrogen-bond donors (Lipinski definition) is 0. The Morgan fingerprint density at radius 2 is 0.940 bits per heavy atom. The van der Waals surface area contributed by atoms with E-state index in [2.05, 4.69) is 207 Å². The van der Waals surface area contributed by atoms with E-state index in [1.54, 1.807) is 0 Å². The molecule has 0 unspecified atom stereocenters. The van der Waals surface area contributed by atoms with Crippen molar-refractivity contribution < 1.29 is 0 Å². The summed E-state index contributed by atoms with van der Waals surface area (Å²) < 4.78 is 0. The first-order valence-corrected chi connectivity index (χ1v) is 17.5. The van der Waals surface area contributed by atoms with E-state index in [1.165, 1.54) is 72.1 Å². The first-order chi connectivity index (χ1) is 24.6. The second-order valence-corrected chi connectivity index (χ2v) is 13.7. The van der Waals surface area contributed by atoms with Crippen molar-refractivity contribution in [1.29, 1.82) is 0 Å². The zero-order chi connectivity index (χ0) is 33.7. The zero-order valence-electron chi connectivity index (χ0n) is 28.3. The van der Waals surface area contributed by atoms with Crippen LogP contribution in [0.4, 0.5) is 17.1 Å². The van der Waals surface area contributed by atoms with Crippen LogP contribution in [0.25, 0.3) is 55.3 Å². The highest BCUT2D eigenvalue weighted by Gasteiger charge is 2.40. The summed E-state index contributed by atoms with van der Waals surface area (Å²) in [6.45, 7) is 4.78. The molecule has 9 rings (SSSR count). The van der Waals surface area contributed by atoms with Gasteiger partial charge in [0.25, 0.3) is 0 Å². The predicted octanol–water partition coefficient (Wildman–Crippen LogP) is 13.6. The second kappa shape index (κ2) is 12.1. The molecule has 0 spiro atoms. The molecule has 50 heavy (non-hydrogen) atoms. The fourth-order valence-corrected chi connectivity index (χ4v) is 8.11. The standard InChI is InChI=1S/C49H37N/c1-49(2)45-27-15-13-25-42(45)44-33-37-21-9-10-23-40(37)48(47(44)49)50(38-31-29-35(30-32-38)34-17-5-3-6-18-34)46-28-16-14-26-43(46)41-24-12-11-22-39(41)36-19-7-4-8-20-36/h3-33H,1-2H3. The minimum absolute atomic E-state index is 0.218. The summed E-state index contributed by atoms with van der Waals surface area (Å²) >= 11 is 0. The lowest BCUT2D eigenvalue weighted by Crippen LogP contribution is -2.21. The highest BCUT2D eigenvalue weighted by atomic mass is 15.2. The molecule has 0 saturated carbocycles. The molecule has 1 nitrogen and oxygen atoms in total. The number of hydrogen-bond acceptors (Lipinski definition) is 1. The first-order valence-electron chi connectivity index (χ1n) is 17.5. The number of anilines is 3. The molecular weight excluding hydrogens is 603 g/mol. The van der Waals surface area contributed by atoms with Crippen LogP contribution in [0.5, 0.6) is 0 Å². The lowest BCUT2D eigenvalue weighted by molar-refractivity contribution is 0.661. The van der Waals surface area contributed by atoms with Gasteiger partial charge in [0.05, 0.1) is 11.4 Å². The highest BCUT2D eigenvalue weighted by molar-refractivity contribution is 6.08. The Kier molecular flexibility index (Phi) is 7.21. The van der Waals surface area contributed by atoms with E-state index in [1.807, 2.05) is 0 Å². The van der Waals surface area contributed by atoms with Gasteiger partial charge in [0.1, 0.15) is 0 Å². The summed E-state index contributed by atoms with van der Waals surface area (Å²) in [6, 6.07) is 68.6. The van der Waals surface area contributed by atoms with Gasteiger partial charge in [-0.15, -0.1) is 0 Å². The molecular formula is C49H37N. The monoisotopic (exact) mass is 639 g/mol. The molecule has 0 aromatic heterocycles. The van der Waals surface area contributed by atoms with Crippen LogP contribution in [0.2, 0.25) is 0 Å². The number of para-hydroxylation sites is 1. The molecule has 0 heterocycles. The van der Waals surface area contributed by atoms with Crippen LogP contribution in [0, 0.1) is 0 Å². The van der Waals surface area contributed by atoms with E-state index in [4.69, 9.17) is 0 Å². The van der Waals surface area contributed by atoms with Gasteiger partial charge in [-0.25, -0.2) is 0 Å². The number of nitrogens with zero attached hydrogens (tertiary/aromatic N) is 1. The normalized spacial score (nSPS) is 12.8. The van der Waals surface area contributed by atoms with Crippen LogP contribution in [-0.2, 0) is 5.41 Å². The number of benzene rings is 8. The van der Waals surface area contributed by atoms with Gasteiger partial charge >= 0.3 is 0 Å². The topological polar surface area (TPSA) is 3.24 Å². The summed E-state index contributed by atoms with van der Waals surface area (Å²) in [5.74, 6) is 0. The third-order valence-corrected chi connectivity index (χ3v) is 10.4. The Morgan fingerprint density at radius 3 is 1.68 bits per heavy atom. The molecule has 0 radical (unpaired) electrons. The van der Waals surface area contributed by atoms with Crippen LogP contribution >= 0.6 is 0 Å². The van der Waals surface area contributed by atoms with Crippen molar-refractivity contribution in [3.05, 3.63) is 199 Å². The molecule has 1 aliphatic rings. The maximum atomic E-state index is 2.54. The van der Waals surface area contributed by atoms with Crippen LogP contribution < -0.4 is 4.90 Å². The van der Waals surface area contributed by atoms with Gasteiger partial charge in [-0.2, -0.15) is 0 Å². The first kappa shape index (κ1) is 29.9. The molecule has 0 atom stereocenters. The van der Waals surface area contributed by atoms with Gasteiger partial charge in [-0.3, -0.25) is 0 Å². The van der Waals surface area contributed by atoms with Crippen molar-refractivity contribution in [3.63, 3.8) is 0 Å². The van der Waals surface area contributed by atoms with Gasteiger partial charge in [-0.05, 0) is 79.7 Å². The second-order valence-electron chi connectivity index (χ2n) is 13.7. The smallest absolute Gasteiger partial charge is 0.0587 e.